The topological polar surface area (TPSA) is 56.3 Å². The number of benzene rings is 1. The average Bonchev–Trinajstić information content (AvgIpc) is 2.84. The van der Waals surface area contributed by atoms with Crippen molar-refractivity contribution < 1.29 is 5.11 Å². The highest BCUT2D eigenvalue weighted by Crippen LogP contribution is 2.38. The van der Waals surface area contributed by atoms with E-state index < -0.39 is 0 Å². The van der Waals surface area contributed by atoms with Gasteiger partial charge in [-0.15, -0.1) is 0 Å². The predicted octanol–water partition coefficient (Wildman–Crippen LogP) is 9.71. The molecule has 1 rings (SSSR count). The van der Waals surface area contributed by atoms with Crippen molar-refractivity contribution in [2.45, 2.75) is 136 Å². The molecule has 0 atom stereocenters. The fourth-order valence-electron chi connectivity index (χ4n) is 4.47. The Bertz CT molecular complexity index is 591. The lowest BCUT2D eigenvalue weighted by Crippen LogP contribution is -2.12. The molecule has 0 aliphatic heterocycles. The molecular formula is C30H57N3O. The maximum absolute atomic E-state index is 10.7. The molecule has 0 aliphatic rings. The van der Waals surface area contributed by atoms with Gasteiger partial charge in [0.2, 0.25) is 0 Å². The van der Waals surface area contributed by atoms with Crippen molar-refractivity contribution in [3.8, 4) is 5.75 Å². The summed E-state index contributed by atoms with van der Waals surface area (Å²) in [5, 5.41) is 21.5. The predicted molar refractivity (Wildman–Crippen MR) is 154 cm³/mol. The van der Waals surface area contributed by atoms with E-state index in [4.69, 9.17) is 0 Å². The van der Waals surface area contributed by atoms with Crippen LogP contribution in [0.25, 0.3) is 0 Å². The van der Waals surface area contributed by atoms with Crippen LogP contribution in [0.15, 0.2) is 12.1 Å². The maximum Gasteiger partial charge on any atom is 0.140 e. The number of anilines is 3. The van der Waals surface area contributed by atoms with Crippen LogP contribution in [0.4, 0.5) is 17.1 Å². The van der Waals surface area contributed by atoms with Gasteiger partial charge >= 0.3 is 0 Å². The molecule has 0 aromatic heterocycles. The zero-order chi connectivity index (χ0) is 24.7. The Balaban J connectivity index is 2.61. The number of hydrogen-bond acceptors (Lipinski definition) is 4. The van der Waals surface area contributed by atoms with Crippen molar-refractivity contribution >= 4 is 17.1 Å². The summed E-state index contributed by atoms with van der Waals surface area (Å²) in [7, 11) is 0. The molecule has 0 bridgehead atoms. The smallest absolute Gasteiger partial charge is 0.140 e. The van der Waals surface area contributed by atoms with Crippen LogP contribution < -0.4 is 16.0 Å². The highest BCUT2D eigenvalue weighted by atomic mass is 16.3. The minimum absolute atomic E-state index is 0.349. The molecule has 0 heterocycles. The molecular weight excluding hydrogens is 418 g/mol. The van der Waals surface area contributed by atoms with E-state index in [1.807, 2.05) is 12.1 Å². The second-order valence-corrected chi connectivity index (χ2v) is 9.97. The number of aromatic hydroxyl groups is 1. The van der Waals surface area contributed by atoms with Crippen LogP contribution in [-0.2, 0) is 0 Å². The van der Waals surface area contributed by atoms with E-state index in [0.29, 0.717) is 5.75 Å². The van der Waals surface area contributed by atoms with Gasteiger partial charge in [0.1, 0.15) is 11.4 Å². The molecule has 1 aromatic carbocycles. The summed E-state index contributed by atoms with van der Waals surface area (Å²) >= 11 is 0. The number of phenols is 1. The third-order valence-electron chi connectivity index (χ3n) is 6.69. The van der Waals surface area contributed by atoms with Gasteiger partial charge in [0.25, 0.3) is 0 Å². The number of nitrogens with one attached hydrogen (secondary N) is 3. The Labute approximate surface area is 212 Å². The fraction of sp³-hybridized carbons (Fsp3) is 0.800. The van der Waals surface area contributed by atoms with Crippen molar-refractivity contribution in [1.82, 2.24) is 0 Å². The summed E-state index contributed by atoms with van der Waals surface area (Å²) in [6.07, 6.45) is 23.3. The molecule has 0 saturated carbocycles. The first-order valence-corrected chi connectivity index (χ1v) is 14.8. The molecule has 0 amide bonds. The largest absolute Gasteiger partial charge is 0.506 e. The van der Waals surface area contributed by atoms with E-state index in [1.165, 1.54) is 109 Å². The molecule has 4 nitrogen and oxygen atoms in total. The minimum atomic E-state index is 0.349. The van der Waals surface area contributed by atoms with Gasteiger partial charge in [-0.3, -0.25) is 0 Å². The number of rotatable bonds is 24. The normalized spacial score (nSPS) is 11.0. The molecule has 0 saturated heterocycles. The quantitative estimate of drug-likeness (QED) is 0.0682. The minimum Gasteiger partial charge on any atom is -0.506 e. The molecule has 198 valence electrons. The molecule has 0 aliphatic carbocycles. The Hall–Kier alpha value is -1.58. The average molecular weight is 476 g/mol. The van der Waals surface area contributed by atoms with E-state index in [9.17, 15) is 5.11 Å². The molecule has 0 radical (unpaired) electrons. The maximum atomic E-state index is 10.7. The lowest BCUT2D eigenvalue weighted by Gasteiger charge is -2.20. The van der Waals surface area contributed by atoms with Crippen LogP contribution in [0.2, 0.25) is 0 Å². The molecule has 4 heteroatoms. The Morgan fingerprint density at radius 3 is 1.32 bits per heavy atom. The van der Waals surface area contributed by atoms with E-state index >= 15 is 0 Å². The molecule has 1 aromatic rings. The zero-order valence-electron chi connectivity index (χ0n) is 23.0. The summed E-state index contributed by atoms with van der Waals surface area (Å²) in [4.78, 5) is 0. The van der Waals surface area contributed by atoms with Gasteiger partial charge in [0.15, 0.2) is 0 Å². The second-order valence-electron chi connectivity index (χ2n) is 9.97. The van der Waals surface area contributed by atoms with E-state index in [1.54, 1.807) is 0 Å². The molecule has 0 unspecified atom stereocenters. The fourth-order valence-corrected chi connectivity index (χ4v) is 4.47. The van der Waals surface area contributed by atoms with Crippen LogP contribution in [0, 0.1) is 0 Å². The second kappa shape index (κ2) is 21.9. The van der Waals surface area contributed by atoms with Crippen LogP contribution >= 0.6 is 0 Å². The van der Waals surface area contributed by atoms with Gasteiger partial charge < -0.3 is 21.1 Å². The number of phenolic OH excluding ortho intramolecular Hbond substituents is 1. The summed E-state index contributed by atoms with van der Waals surface area (Å²) in [5.41, 5.74) is 3.03. The van der Waals surface area contributed by atoms with Crippen molar-refractivity contribution in [1.29, 1.82) is 0 Å². The van der Waals surface area contributed by atoms with Gasteiger partial charge in [-0.05, 0) is 31.4 Å². The zero-order valence-corrected chi connectivity index (χ0v) is 23.0. The van der Waals surface area contributed by atoms with Crippen LogP contribution in [0.3, 0.4) is 0 Å². The third kappa shape index (κ3) is 14.6. The van der Waals surface area contributed by atoms with Crippen LogP contribution in [0.5, 0.6) is 5.75 Å². The van der Waals surface area contributed by atoms with Gasteiger partial charge in [-0.1, -0.05) is 117 Å². The van der Waals surface area contributed by atoms with E-state index in [2.05, 4.69) is 36.7 Å². The summed E-state index contributed by atoms with van der Waals surface area (Å²) in [6, 6.07) is 3.87. The summed E-state index contributed by atoms with van der Waals surface area (Å²) in [6.45, 7) is 9.64. The van der Waals surface area contributed by atoms with Gasteiger partial charge in [0, 0.05) is 19.6 Å². The standard InChI is InChI=1S/C30H57N3O/c1-4-7-10-13-16-19-24-31-27-22-23-28(34)30(33-26-21-18-15-12-9-6-3)29(27)32-25-20-17-14-11-8-5-2/h22-23,31-34H,4-21,24-26H2,1-3H3. The number of hydrogen-bond donors (Lipinski definition) is 4. The van der Waals surface area contributed by atoms with E-state index in [-0.39, 0.29) is 0 Å². The molecule has 34 heavy (non-hydrogen) atoms. The van der Waals surface area contributed by atoms with Crippen molar-refractivity contribution in [2.75, 3.05) is 35.6 Å². The summed E-state index contributed by atoms with van der Waals surface area (Å²) in [5.74, 6) is 0.349. The molecule has 0 fully saturated rings. The van der Waals surface area contributed by atoms with Crippen LogP contribution in [-0.4, -0.2) is 24.7 Å². The Kier molecular flexibility index (Phi) is 19.6. The van der Waals surface area contributed by atoms with E-state index in [0.717, 1.165) is 43.1 Å². The first-order chi connectivity index (χ1) is 16.7. The Morgan fingerprint density at radius 1 is 0.471 bits per heavy atom. The highest BCUT2D eigenvalue weighted by Gasteiger charge is 2.13. The lowest BCUT2D eigenvalue weighted by atomic mass is 10.1. The summed E-state index contributed by atoms with van der Waals surface area (Å²) < 4.78 is 0. The van der Waals surface area contributed by atoms with Gasteiger partial charge in [-0.25, -0.2) is 0 Å². The van der Waals surface area contributed by atoms with Gasteiger partial charge in [-0.2, -0.15) is 0 Å². The molecule has 0 spiro atoms. The first kappa shape index (κ1) is 30.5. The van der Waals surface area contributed by atoms with Crippen LogP contribution in [0.1, 0.15) is 136 Å². The Morgan fingerprint density at radius 2 is 0.853 bits per heavy atom. The highest BCUT2D eigenvalue weighted by molar-refractivity contribution is 5.86. The van der Waals surface area contributed by atoms with Crippen molar-refractivity contribution in [3.63, 3.8) is 0 Å². The molecule has 4 N–H and O–H groups in total. The lowest BCUT2D eigenvalue weighted by molar-refractivity contribution is 0.477. The first-order valence-electron chi connectivity index (χ1n) is 14.8. The number of unbranched alkanes of at least 4 members (excludes halogenated alkanes) is 15. The van der Waals surface area contributed by atoms with Crippen molar-refractivity contribution in [2.24, 2.45) is 0 Å². The third-order valence-corrected chi connectivity index (χ3v) is 6.69. The SMILES string of the molecule is CCCCCCCCNc1ccc(O)c(NCCCCCCCC)c1NCCCCCCCC. The monoisotopic (exact) mass is 475 g/mol. The van der Waals surface area contributed by atoms with Gasteiger partial charge in [0.05, 0.1) is 11.4 Å². The van der Waals surface area contributed by atoms with Crippen molar-refractivity contribution in [3.05, 3.63) is 12.1 Å².